The minimum absolute atomic E-state index is 0.144. The molecule has 0 spiro atoms. The van der Waals surface area contributed by atoms with E-state index in [0.717, 1.165) is 11.1 Å². The molecule has 5 rings (SSSR count). The number of carbonyl (C=O) groups excluding carboxylic acids is 2. The van der Waals surface area contributed by atoms with Gasteiger partial charge in [-0.15, -0.1) is 0 Å². The van der Waals surface area contributed by atoms with Gasteiger partial charge in [0.05, 0.1) is 20.3 Å². The summed E-state index contributed by atoms with van der Waals surface area (Å²) in [5.74, 6) is 0.719. The summed E-state index contributed by atoms with van der Waals surface area (Å²) in [6.45, 7) is 8.26. The predicted octanol–water partition coefficient (Wildman–Crippen LogP) is 3.16. The molecule has 0 radical (unpaired) electrons. The first kappa shape index (κ1) is 21.5. The molecule has 3 atom stereocenters. The number of hydrogen-bond acceptors (Lipinski definition) is 5. The number of piperazine rings is 1. The molecule has 0 aliphatic carbocycles. The summed E-state index contributed by atoms with van der Waals surface area (Å²) in [6.07, 6.45) is 0.777. The fourth-order valence-corrected chi connectivity index (χ4v) is 5.63. The van der Waals surface area contributed by atoms with E-state index in [-0.39, 0.29) is 17.7 Å². The first-order valence-corrected chi connectivity index (χ1v) is 11.2. The van der Waals surface area contributed by atoms with E-state index in [1.165, 1.54) is 4.90 Å². The number of aliphatic hydroxyl groups is 1. The Bertz CT molecular complexity index is 1190. The second-order valence-electron chi connectivity index (χ2n) is 9.33. The third kappa shape index (κ3) is 2.78. The minimum Gasteiger partial charge on any atom is -0.493 e. The monoisotopic (exact) mass is 448 g/mol. The van der Waals surface area contributed by atoms with E-state index in [2.05, 4.69) is 6.58 Å². The Hall–Kier alpha value is -3.32. The van der Waals surface area contributed by atoms with Crippen LogP contribution in [0.2, 0.25) is 0 Å². The number of methoxy groups -OCH3 is 2. The molecule has 1 N–H and O–H groups in total. The van der Waals surface area contributed by atoms with Crippen LogP contribution in [0, 0.1) is 5.92 Å². The van der Waals surface area contributed by atoms with E-state index >= 15 is 0 Å². The predicted molar refractivity (Wildman–Crippen MR) is 123 cm³/mol. The van der Waals surface area contributed by atoms with E-state index in [4.69, 9.17) is 9.47 Å². The van der Waals surface area contributed by atoms with E-state index < -0.39 is 17.8 Å². The molecule has 3 unspecified atom stereocenters. The van der Waals surface area contributed by atoms with Crippen molar-refractivity contribution in [2.24, 2.45) is 5.92 Å². The van der Waals surface area contributed by atoms with E-state index in [9.17, 15) is 14.7 Å². The summed E-state index contributed by atoms with van der Waals surface area (Å²) in [4.78, 5) is 30.4. The summed E-state index contributed by atoms with van der Waals surface area (Å²) < 4.78 is 10.9. The Labute approximate surface area is 193 Å². The zero-order chi connectivity index (χ0) is 23.7. The van der Waals surface area contributed by atoms with Gasteiger partial charge in [-0.25, -0.2) is 0 Å². The topological polar surface area (TPSA) is 79.3 Å². The first-order chi connectivity index (χ1) is 15.7. The number of nitrogens with zero attached hydrogens (tertiary/aromatic N) is 2. The van der Waals surface area contributed by atoms with Crippen LogP contribution in [-0.4, -0.2) is 53.0 Å². The largest absolute Gasteiger partial charge is 0.493 e. The summed E-state index contributed by atoms with van der Waals surface area (Å²) in [5, 5.41) is 12.3. The molecule has 1 saturated heterocycles. The molecular weight excluding hydrogens is 420 g/mol. The molecule has 2 aromatic carbocycles. The Balaban J connectivity index is 1.73. The number of ether oxygens (including phenoxy) is 2. The summed E-state index contributed by atoms with van der Waals surface area (Å²) in [5.41, 5.74) is 1.45. The fourth-order valence-electron chi connectivity index (χ4n) is 5.63. The summed E-state index contributed by atoms with van der Waals surface area (Å²) >= 11 is 0. The highest BCUT2D eigenvalue weighted by atomic mass is 16.5. The number of carbonyl (C=O) groups is 2. The molecule has 2 amide bonds. The van der Waals surface area contributed by atoms with Crippen molar-refractivity contribution in [1.82, 2.24) is 9.80 Å². The number of amides is 2. The zero-order valence-corrected chi connectivity index (χ0v) is 19.3. The van der Waals surface area contributed by atoms with Gasteiger partial charge in [0.2, 0.25) is 5.91 Å². The summed E-state index contributed by atoms with van der Waals surface area (Å²) in [7, 11) is 3.13. The Morgan fingerprint density at radius 1 is 1.12 bits per heavy atom. The standard InChI is InChI=1S/C26H28N2O5/c1-14(2)10-20-25(30)27-15(3)18-13-22(33-5)21(32-4)11-16(18)12-23(27)26(31)19-9-7-6-8-17(19)24(29)28(20)26/h6-9,11,13-14,20,23,31H,3,10,12H2,1-2,4-5H3. The van der Waals surface area contributed by atoms with Crippen LogP contribution in [-0.2, 0) is 16.9 Å². The molecule has 3 heterocycles. The van der Waals surface area contributed by atoms with Gasteiger partial charge in [0, 0.05) is 22.4 Å². The molecule has 3 aliphatic rings. The van der Waals surface area contributed by atoms with E-state index in [1.54, 1.807) is 37.3 Å². The van der Waals surface area contributed by atoms with Crippen molar-refractivity contribution in [3.05, 3.63) is 65.2 Å². The number of benzene rings is 2. The van der Waals surface area contributed by atoms with Crippen molar-refractivity contribution < 1.29 is 24.2 Å². The van der Waals surface area contributed by atoms with Gasteiger partial charge in [0.25, 0.3) is 5.91 Å². The highest BCUT2D eigenvalue weighted by Gasteiger charge is 2.64. The van der Waals surface area contributed by atoms with Crippen LogP contribution in [0.1, 0.15) is 47.3 Å². The molecular formula is C26H28N2O5. The molecule has 0 aromatic heterocycles. The molecule has 172 valence electrons. The lowest BCUT2D eigenvalue weighted by Gasteiger charge is -2.55. The Kier molecular flexibility index (Phi) is 4.79. The van der Waals surface area contributed by atoms with Crippen LogP contribution >= 0.6 is 0 Å². The van der Waals surface area contributed by atoms with Crippen molar-refractivity contribution in [3.63, 3.8) is 0 Å². The second-order valence-corrected chi connectivity index (χ2v) is 9.33. The average Bonchev–Trinajstić information content (AvgIpc) is 3.03. The maximum absolute atomic E-state index is 13.9. The summed E-state index contributed by atoms with van der Waals surface area (Å²) in [6, 6.07) is 9.27. The smallest absolute Gasteiger partial charge is 0.257 e. The first-order valence-electron chi connectivity index (χ1n) is 11.2. The normalized spacial score (nSPS) is 25.6. The zero-order valence-electron chi connectivity index (χ0n) is 19.3. The van der Waals surface area contributed by atoms with Crippen LogP contribution in [0.4, 0.5) is 0 Å². The van der Waals surface area contributed by atoms with Gasteiger partial charge in [-0.3, -0.25) is 14.5 Å². The van der Waals surface area contributed by atoms with Gasteiger partial charge in [-0.05, 0) is 42.5 Å². The SMILES string of the molecule is C=C1c2cc(OC)c(OC)cc2CC2N1C(=O)C(CC(C)C)N1C(=O)c3ccccc3C21O. The highest BCUT2D eigenvalue weighted by molar-refractivity contribution is 6.05. The molecule has 0 saturated carbocycles. The van der Waals surface area contributed by atoms with Crippen molar-refractivity contribution in [2.75, 3.05) is 14.2 Å². The van der Waals surface area contributed by atoms with Crippen molar-refractivity contribution in [3.8, 4) is 11.5 Å². The molecule has 1 fully saturated rings. The molecule has 7 nitrogen and oxygen atoms in total. The molecule has 0 bridgehead atoms. The van der Waals surface area contributed by atoms with E-state index in [1.807, 2.05) is 32.0 Å². The Morgan fingerprint density at radius 2 is 1.79 bits per heavy atom. The van der Waals surface area contributed by atoms with Gasteiger partial charge in [-0.1, -0.05) is 38.6 Å². The number of fused-ring (bicyclic) bond motifs is 6. The molecule has 7 heteroatoms. The lowest BCUT2D eigenvalue weighted by atomic mass is 9.79. The lowest BCUT2D eigenvalue weighted by molar-refractivity contribution is -0.192. The van der Waals surface area contributed by atoms with Crippen LogP contribution in [0.3, 0.4) is 0 Å². The van der Waals surface area contributed by atoms with Crippen LogP contribution in [0.15, 0.2) is 43.0 Å². The molecule has 33 heavy (non-hydrogen) atoms. The third-order valence-electron chi connectivity index (χ3n) is 7.07. The lowest BCUT2D eigenvalue weighted by Crippen LogP contribution is -2.71. The molecule has 3 aliphatic heterocycles. The second kappa shape index (κ2) is 7.35. The van der Waals surface area contributed by atoms with Crippen molar-refractivity contribution in [1.29, 1.82) is 0 Å². The number of rotatable bonds is 4. The quantitative estimate of drug-likeness (QED) is 0.777. The molecule has 2 aromatic rings. The van der Waals surface area contributed by atoms with Gasteiger partial charge < -0.3 is 19.5 Å². The fraction of sp³-hybridized carbons (Fsp3) is 0.385. The van der Waals surface area contributed by atoms with Crippen molar-refractivity contribution >= 4 is 17.5 Å². The van der Waals surface area contributed by atoms with Crippen LogP contribution in [0.5, 0.6) is 11.5 Å². The maximum Gasteiger partial charge on any atom is 0.257 e. The van der Waals surface area contributed by atoms with E-state index in [0.29, 0.717) is 41.2 Å². The van der Waals surface area contributed by atoms with Gasteiger partial charge in [0.15, 0.2) is 17.2 Å². The van der Waals surface area contributed by atoms with Gasteiger partial charge in [-0.2, -0.15) is 0 Å². The highest BCUT2D eigenvalue weighted by Crippen LogP contribution is 2.52. The van der Waals surface area contributed by atoms with Crippen LogP contribution < -0.4 is 9.47 Å². The number of hydrogen-bond donors (Lipinski definition) is 1. The van der Waals surface area contributed by atoms with Crippen molar-refractivity contribution in [2.45, 2.75) is 44.5 Å². The minimum atomic E-state index is -1.66. The van der Waals surface area contributed by atoms with Crippen LogP contribution in [0.25, 0.3) is 5.70 Å². The van der Waals surface area contributed by atoms with Gasteiger partial charge in [0.1, 0.15) is 6.04 Å². The third-order valence-corrected chi connectivity index (χ3v) is 7.07. The maximum atomic E-state index is 13.9. The van der Waals surface area contributed by atoms with Gasteiger partial charge >= 0.3 is 0 Å². The average molecular weight is 449 g/mol. The Morgan fingerprint density at radius 3 is 2.45 bits per heavy atom.